The van der Waals surface area contributed by atoms with Crippen LogP contribution in [0.5, 0.6) is 0 Å². The van der Waals surface area contributed by atoms with Crippen LogP contribution in [0.2, 0.25) is 0 Å². The van der Waals surface area contributed by atoms with Crippen LogP contribution in [0.15, 0.2) is 42.6 Å². The van der Waals surface area contributed by atoms with Crippen molar-refractivity contribution in [2.24, 2.45) is 0 Å². The van der Waals surface area contributed by atoms with Gasteiger partial charge in [-0.25, -0.2) is 4.98 Å². The summed E-state index contributed by atoms with van der Waals surface area (Å²) in [4.78, 5) is 36.0. The Morgan fingerprint density at radius 2 is 1.39 bits per heavy atom. The van der Waals surface area contributed by atoms with Crippen molar-refractivity contribution in [1.29, 1.82) is 0 Å². The van der Waals surface area contributed by atoms with Crippen LogP contribution in [0.4, 0.5) is 11.5 Å². The maximum atomic E-state index is 13.0. The number of nitrogens with zero attached hydrogens (tertiary/aromatic N) is 4. The zero-order valence-electron chi connectivity index (χ0n) is 18.4. The Hall–Kier alpha value is -3.09. The van der Waals surface area contributed by atoms with E-state index in [1.54, 1.807) is 24.3 Å². The van der Waals surface area contributed by atoms with Gasteiger partial charge in [0.25, 0.3) is 11.8 Å². The average molecular weight is 422 g/mol. The molecule has 2 amide bonds. The number of hydrogen-bond donors (Lipinski definition) is 1. The van der Waals surface area contributed by atoms with E-state index in [9.17, 15) is 9.59 Å². The number of hydrogen-bond acceptors (Lipinski definition) is 5. The van der Waals surface area contributed by atoms with Crippen molar-refractivity contribution in [2.75, 3.05) is 49.5 Å². The SMILES string of the molecule is CC(C)Nc1cccnc1N1CCN(C(=O)c2ccc(C(=O)N3CCCC3)cc2)CC1. The van der Waals surface area contributed by atoms with Gasteiger partial charge in [-0.1, -0.05) is 0 Å². The Bertz CT molecular complexity index is 914. The maximum absolute atomic E-state index is 13.0. The molecule has 7 heteroatoms. The molecule has 1 aromatic carbocycles. The molecule has 2 aliphatic heterocycles. The topological polar surface area (TPSA) is 68.8 Å². The van der Waals surface area contributed by atoms with Crippen molar-refractivity contribution < 1.29 is 9.59 Å². The molecule has 7 nitrogen and oxygen atoms in total. The predicted octanol–water partition coefficient (Wildman–Crippen LogP) is 3.10. The number of pyridine rings is 1. The van der Waals surface area contributed by atoms with E-state index in [4.69, 9.17) is 0 Å². The Morgan fingerprint density at radius 1 is 0.839 bits per heavy atom. The molecule has 4 rings (SSSR count). The molecule has 2 aromatic rings. The minimum absolute atomic E-state index is 0.0152. The van der Waals surface area contributed by atoms with Gasteiger partial charge in [0.2, 0.25) is 0 Å². The van der Waals surface area contributed by atoms with Crippen molar-refractivity contribution in [1.82, 2.24) is 14.8 Å². The highest BCUT2D eigenvalue weighted by Gasteiger charge is 2.25. The maximum Gasteiger partial charge on any atom is 0.253 e. The highest BCUT2D eigenvalue weighted by atomic mass is 16.2. The zero-order chi connectivity index (χ0) is 21.8. The van der Waals surface area contributed by atoms with Gasteiger partial charge in [0.1, 0.15) is 0 Å². The summed E-state index contributed by atoms with van der Waals surface area (Å²) in [5.74, 6) is 1.01. The van der Waals surface area contributed by atoms with Gasteiger partial charge in [0.15, 0.2) is 5.82 Å². The van der Waals surface area contributed by atoms with Crippen LogP contribution in [0, 0.1) is 0 Å². The highest BCUT2D eigenvalue weighted by Crippen LogP contribution is 2.25. The summed E-state index contributed by atoms with van der Waals surface area (Å²) in [5, 5.41) is 3.45. The number of anilines is 2. The third-order valence-electron chi connectivity index (χ3n) is 5.87. The Kier molecular flexibility index (Phi) is 6.39. The molecule has 1 aromatic heterocycles. The molecule has 2 aliphatic rings. The number of nitrogens with one attached hydrogen (secondary N) is 1. The first kappa shape index (κ1) is 21.2. The molecule has 2 saturated heterocycles. The third kappa shape index (κ3) is 4.81. The van der Waals surface area contributed by atoms with E-state index in [0.717, 1.165) is 50.5 Å². The fraction of sp³-hybridized carbons (Fsp3) is 0.458. The molecule has 1 N–H and O–H groups in total. The number of carbonyl (C=O) groups excluding carboxylic acids is 2. The van der Waals surface area contributed by atoms with Crippen LogP contribution in [0.3, 0.4) is 0 Å². The normalized spacial score (nSPS) is 16.7. The lowest BCUT2D eigenvalue weighted by Gasteiger charge is -2.36. The second-order valence-electron chi connectivity index (χ2n) is 8.53. The highest BCUT2D eigenvalue weighted by molar-refractivity contribution is 5.98. The zero-order valence-corrected chi connectivity index (χ0v) is 18.4. The smallest absolute Gasteiger partial charge is 0.253 e. The first-order chi connectivity index (χ1) is 15.0. The summed E-state index contributed by atoms with van der Waals surface area (Å²) in [6.45, 7) is 8.63. The first-order valence-electron chi connectivity index (χ1n) is 11.2. The monoisotopic (exact) mass is 421 g/mol. The van der Waals surface area contributed by atoms with E-state index in [1.807, 2.05) is 28.1 Å². The van der Waals surface area contributed by atoms with E-state index in [0.29, 0.717) is 30.3 Å². The van der Waals surface area contributed by atoms with Gasteiger partial charge < -0.3 is 20.0 Å². The van der Waals surface area contributed by atoms with Crippen molar-refractivity contribution in [3.8, 4) is 0 Å². The number of benzene rings is 1. The largest absolute Gasteiger partial charge is 0.380 e. The van der Waals surface area contributed by atoms with E-state index in [2.05, 4.69) is 29.0 Å². The fourth-order valence-electron chi connectivity index (χ4n) is 4.23. The van der Waals surface area contributed by atoms with E-state index >= 15 is 0 Å². The molecule has 31 heavy (non-hydrogen) atoms. The van der Waals surface area contributed by atoms with Gasteiger partial charge >= 0.3 is 0 Å². The Balaban J connectivity index is 1.37. The van der Waals surface area contributed by atoms with Crippen LogP contribution >= 0.6 is 0 Å². The minimum atomic E-state index is 0.0152. The predicted molar refractivity (Wildman–Crippen MR) is 123 cm³/mol. The molecule has 0 unspecified atom stereocenters. The molecule has 0 atom stereocenters. The van der Waals surface area contributed by atoms with Crippen LogP contribution in [-0.4, -0.2) is 71.9 Å². The van der Waals surface area contributed by atoms with E-state index in [-0.39, 0.29) is 11.8 Å². The average Bonchev–Trinajstić information content (AvgIpc) is 3.33. The van der Waals surface area contributed by atoms with Crippen molar-refractivity contribution in [3.63, 3.8) is 0 Å². The minimum Gasteiger partial charge on any atom is -0.380 e. The van der Waals surface area contributed by atoms with Gasteiger partial charge in [0.05, 0.1) is 5.69 Å². The summed E-state index contributed by atoms with van der Waals surface area (Å²) in [6, 6.07) is 11.4. The second-order valence-corrected chi connectivity index (χ2v) is 8.53. The van der Waals surface area contributed by atoms with E-state index in [1.165, 1.54) is 0 Å². The number of carbonyl (C=O) groups is 2. The summed E-state index contributed by atoms with van der Waals surface area (Å²) in [5.41, 5.74) is 2.31. The van der Waals surface area contributed by atoms with Gasteiger partial charge in [-0.2, -0.15) is 0 Å². The van der Waals surface area contributed by atoms with Crippen molar-refractivity contribution in [3.05, 3.63) is 53.7 Å². The fourth-order valence-corrected chi connectivity index (χ4v) is 4.23. The molecule has 0 saturated carbocycles. The van der Waals surface area contributed by atoms with Gasteiger partial charge in [-0.15, -0.1) is 0 Å². The third-order valence-corrected chi connectivity index (χ3v) is 5.87. The van der Waals surface area contributed by atoms with Crippen molar-refractivity contribution >= 4 is 23.3 Å². The Labute approximate surface area is 184 Å². The quantitative estimate of drug-likeness (QED) is 0.804. The standard InChI is InChI=1S/C24H31N5O2/c1-18(2)26-21-6-5-11-25-22(21)27-14-16-29(17-15-27)24(31)20-9-7-19(8-10-20)23(30)28-12-3-4-13-28/h5-11,18,26H,3-4,12-17H2,1-2H3. The Morgan fingerprint density at radius 3 is 1.94 bits per heavy atom. The lowest BCUT2D eigenvalue weighted by molar-refractivity contribution is 0.0743. The molecule has 0 aliphatic carbocycles. The molecule has 0 spiro atoms. The number of piperazine rings is 1. The van der Waals surface area contributed by atoms with Crippen molar-refractivity contribution in [2.45, 2.75) is 32.7 Å². The summed E-state index contributed by atoms with van der Waals surface area (Å²) in [6.07, 6.45) is 3.95. The molecule has 0 bridgehead atoms. The first-order valence-corrected chi connectivity index (χ1v) is 11.2. The van der Waals surface area contributed by atoms with E-state index < -0.39 is 0 Å². The van der Waals surface area contributed by atoms with Crippen LogP contribution in [0.25, 0.3) is 0 Å². The molecular weight excluding hydrogens is 390 g/mol. The van der Waals surface area contributed by atoms with Crippen LogP contribution in [0.1, 0.15) is 47.4 Å². The molecule has 2 fully saturated rings. The number of amides is 2. The van der Waals surface area contributed by atoms with Gasteiger partial charge in [-0.3, -0.25) is 9.59 Å². The number of rotatable bonds is 5. The molecular formula is C24H31N5O2. The summed E-state index contributed by atoms with van der Waals surface area (Å²) >= 11 is 0. The van der Waals surface area contributed by atoms with Crippen LogP contribution < -0.4 is 10.2 Å². The van der Waals surface area contributed by atoms with Crippen LogP contribution in [-0.2, 0) is 0 Å². The molecule has 0 radical (unpaired) electrons. The number of aromatic nitrogens is 1. The second kappa shape index (κ2) is 9.37. The van der Waals surface area contributed by atoms with Gasteiger partial charge in [0, 0.05) is 62.6 Å². The summed E-state index contributed by atoms with van der Waals surface area (Å²) < 4.78 is 0. The molecule has 164 valence electrons. The van der Waals surface area contributed by atoms with Gasteiger partial charge in [-0.05, 0) is 63.1 Å². The summed E-state index contributed by atoms with van der Waals surface area (Å²) in [7, 11) is 0. The lowest BCUT2D eigenvalue weighted by atomic mass is 10.1. The molecule has 3 heterocycles. The lowest BCUT2D eigenvalue weighted by Crippen LogP contribution is -2.49. The number of likely N-dealkylation sites (tertiary alicyclic amines) is 1.